The second kappa shape index (κ2) is 8.28. The van der Waals surface area contributed by atoms with Crippen LogP contribution in [0.1, 0.15) is 48.9 Å². The Hall–Kier alpha value is -2.80. The van der Waals surface area contributed by atoms with Crippen LogP contribution in [0.25, 0.3) is 11.0 Å². The summed E-state index contributed by atoms with van der Waals surface area (Å²) in [5, 5.41) is 7.85. The van der Waals surface area contributed by atoms with Crippen LogP contribution >= 0.6 is 11.3 Å². The minimum atomic E-state index is -0.312. The maximum atomic E-state index is 12.6. The van der Waals surface area contributed by atoms with E-state index in [4.69, 9.17) is 13.9 Å². The number of carbonyl (C=O) groups is 1. The van der Waals surface area contributed by atoms with Gasteiger partial charge in [-0.25, -0.2) is 4.79 Å². The molecular weight excluding hydrogens is 426 g/mol. The van der Waals surface area contributed by atoms with Crippen LogP contribution in [-0.2, 0) is 30.5 Å². The first-order chi connectivity index (χ1) is 15.4. The van der Waals surface area contributed by atoms with Crippen LogP contribution in [-0.4, -0.2) is 24.7 Å². The second-order valence-electron chi connectivity index (χ2n) is 9.14. The molecule has 2 aliphatic rings. The van der Waals surface area contributed by atoms with Gasteiger partial charge in [0, 0.05) is 23.7 Å². The number of thiophene rings is 1. The molecule has 5 rings (SSSR count). The predicted octanol–water partition coefficient (Wildman–Crippen LogP) is 4.18. The van der Waals surface area contributed by atoms with Gasteiger partial charge in [-0.3, -0.25) is 4.79 Å². The molecule has 168 valence electrons. The van der Waals surface area contributed by atoms with Crippen LogP contribution < -0.4 is 20.4 Å². The van der Waals surface area contributed by atoms with E-state index in [2.05, 4.69) is 16.8 Å². The van der Waals surface area contributed by atoms with E-state index in [1.807, 2.05) is 25.3 Å². The van der Waals surface area contributed by atoms with E-state index in [-0.39, 0.29) is 23.7 Å². The standard InChI is InChI=1S/C25H27NO5S/c1-25(2)9-6-18-19(31-25)12-20(22-16-4-3-5-17(16)24(28)30-23(18)22)29-13-21(27)26-10-7-15-8-11-32-14-15/h8,11-12,14H,3-7,9-10,13H2,1-2H3,(H,26,27). The third-order valence-corrected chi connectivity index (χ3v) is 7.04. The van der Waals surface area contributed by atoms with Gasteiger partial charge in [0.2, 0.25) is 0 Å². The molecule has 32 heavy (non-hydrogen) atoms. The molecule has 1 amide bonds. The summed E-state index contributed by atoms with van der Waals surface area (Å²) in [4.78, 5) is 25.0. The van der Waals surface area contributed by atoms with Gasteiger partial charge >= 0.3 is 5.63 Å². The Morgan fingerprint density at radius 3 is 2.88 bits per heavy atom. The molecule has 0 saturated carbocycles. The lowest BCUT2D eigenvalue weighted by Crippen LogP contribution is -2.33. The number of ether oxygens (including phenoxy) is 2. The summed E-state index contributed by atoms with van der Waals surface area (Å²) in [7, 11) is 0. The zero-order valence-electron chi connectivity index (χ0n) is 18.4. The summed E-state index contributed by atoms with van der Waals surface area (Å²) in [6, 6.07) is 3.93. The highest BCUT2D eigenvalue weighted by Gasteiger charge is 2.32. The van der Waals surface area contributed by atoms with E-state index in [1.54, 1.807) is 11.3 Å². The van der Waals surface area contributed by atoms with Crippen LogP contribution in [0.4, 0.5) is 0 Å². The Kier molecular flexibility index (Phi) is 5.45. The van der Waals surface area contributed by atoms with Crippen molar-refractivity contribution in [3.8, 4) is 11.5 Å². The number of hydrogen-bond acceptors (Lipinski definition) is 6. The summed E-state index contributed by atoms with van der Waals surface area (Å²) in [5.41, 5.74) is 3.84. The molecule has 1 aromatic carbocycles. The minimum absolute atomic E-state index is 0.102. The highest BCUT2D eigenvalue weighted by molar-refractivity contribution is 7.07. The first-order valence-corrected chi connectivity index (χ1v) is 12.1. The van der Waals surface area contributed by atoms with Crippen molar-refractivity contribution < 1.29 is 18.7 Å². The maximum absolute atomic E-state index is 12.6. The predicted molar refractivity (Wildman–Crippen MR) is 124 cm³/mol. The van der Waals surface area contributed by atoms with Gasteiger partial charge in [-0.15, -0.1) is 0 Å². The minimum Gasteiger partial charge on any atom is -0.487 e. The van der Waals surface area contributed by atoms with Gasteiger partial charge in [-0.1, -0.05) is 0 Å². The molecule has 1 aliphatic carbocycles. The summed E-state index contributed by atoms with van der Waals surface area (Å²) in [5.74, 6) is 1.04. The monoisotopic (exact) mass is 453 g/mol. The average molecular weight is 454 g/mol. The third kappa shape index (κ3) is 4.01. The Balaban J connectivity index is 1.43. The smallest absolute Gasteiger partial charge is 0.339 e. The van der Waals surface area contributed by atoms with Crippen LogP contribution in [0.2, 0.25) is 0 Å². The second-order valence-corrected chi connectivity index (χ2v) is 9.92. The van der Waals surface area contributed by atoms with Crippen LogP contribution in [0.5, 0.6) is 11.5 Å². The molecule has 0 unspecified atom stereocenters. The van der Waals surface area contributed by atoms with Crippen molar-refractivity contribution in [2.24, 2.45) is 0 Å². The number of rotatable bonds is 6. The van der Waals surface area contributed by atoms with Gasteiger partial charge < -0.3 is 19.2 Å². The van der Waals surface area contributed by atoms with E-state index in [9.17, 15) is 9.59 Å². The molecular formula is C25H27NO5S. The van der Waals surface area contributed by atoms with Crippen molar-refractivity contribution in [1.29, 1.82) is 0 Å². The van der Waals surface area contributed by atoms with Gasteiger partial charge in [-0.05, 0) is 80.3 Å². The highest BCUT2D eigenvalue weighted by atomic mass is 32.1. The fourth-order valence-corrected chi connectivity index (χ4v) is 5.35. The Labute approximate surface area is 190 Å². The van der Waals surface area contributed by atoms with Crippen molar-refractivity contribution >= 4 is 28.2 Å². The number of amides is 1. The maximum Gasteiger partial charge on any atom is 0.339 e. The molecule has 0 bridgehead atoms. The van der Waals surface area contributed by atoms with Gasteiger partial charge in [-0.2, -0.15) is 11.3 Å². The van der Waals surface area contributed by atoms with Gasteiger partial charge in [0.25, 0.3) is 5.91 Å². The molecule has 0 fully saturated rings. The molecule has 0 atom stereocenters. The van der Waals surface area contributed by atoms with E-state index in [1.165, 1.54) is 5.56 Å². The molecule has 1 aliphatic heterocycles. The molecule has 0 saturated heterocycles. The molecule has 0 radical (unpaired) electrons. The van der Waals surface area contributed by atoms with E-state index in [0.717, 1.165) is 60.6 Å². The van der Waals surface area contributed by atoms with Gasteiger partial charge in [0.05, 0.1) is 5.39 Å². The SMILES string of the molecule is CC1(C)CCc2c(cc(OCC(=O)NCCc3ccsc3)c3c4c(c(=O)oc23)CCC4)O1. The van der Waals surface area contributed by atoms with Crippen LogP contribution in [0.15, 0.2) is 32.1 Å². The molecule has 6 nitrogen and oxygen atoms in total. The molecule has 1 N–H and O–H groups in total. The van der Waals surface area contributed by atoms with Crippen molar-refractivity contribution in [2.45, 2.75) is 58.0 Å². The number of fused-ring (bicyclic) bond motifs is 5. The van der Waals surface area contributed by atoms with Crippen molar-refractivity contribution in [1.82, 2.24) is 5.32 Å². The summed E-state index contributed by atoms with van der Waals surface area (Å²) in [6.07, 6.45) is 4.84. The number of aryl methyl sites for hydroxylation is 2. The van der Waals surface area contributed by atoms with Crippen molar-refractivity contribution in [3.05, 3.63) is 55.6 Å². The lowest BCUT2D eigenvalue weighted by atomic mass is 9.91. The molecule has 0 spiro atoms. The first kappa shape index (κ1) is 21.1. The number of nitrogens with one attached hydrogen (secondary N) is 1. The fraction of sp³-hybridized carbons (Fsp3) is 0.440. The van der Waals surface area contributed by atoms with Crippen LogP contribution in [0, 0.1) is 0 Å². The number of benzene rings is 1. The normalized spacial score (nSPS) is 16.3. The van der Waals surface area contributed by atoms with Gasteiger partial charge in [0.15, 0.2) is 6.61 Å². The fourth-order valence-electron chi connectivity index (χ4n) is 4.64. The summed E-state index contributed by atoms with van der Waals surface area (Å²) >= 11 is 1.65. The largest absolute Gasteiger partial charge is 0.487 e. The number of hydrogen-bond donors (Lipinski definition) is 1. The van der Waals surface area contributed by atoms with Crippen molar-refractivity contribution in [2.75, 3.05) is 13.2 Å². The average Bonchev–Trinajstić information content (AvgIpc) is 3.43. The summed E-state index contributed by atoms with van der Waals surface area (Å²) < 4.78 is 18.0. The first-order valence-electron chi connectivity index (χ1n) is 11.2. The lowest BCUT2D eigenvalue weighted by Gasteiger charge is -2.33. The van der Waals surface area contributed by atoms with Gasteiger partial charge in [0.1, 0.15) is 22.7 Å². The number of carbonyl (C=O) groups excluding carboxylic acids is 1. The highest BCUT2D eigenvalue weighted by Crippen LogP contribution is 2.44. The van der Waals surface area contributed by atoms with E-state index in [0.29, 0.717) is 23.6 Å². The lowest BCUT2D eigenvalue weighted by molar-refractivity contribution is -0.123. The molecule has 7 heteroatoms. The summed E-state index contributed by atoms with van der Waals surface area (Å²) in [6.45, 7) is 4.54. The van der Waals surface area contributed by atoms with E-state index >= 15 is 0 Å². The molecule has 3 heterocycles. The van der Waals surface area contributed by atoms with Crippen molar-refractivity contribution in [3.63, 3.8) is 0 Å². The molecule has 2 aromatic heterocycles. The Morgan fingerprint density at radius 2 is 2.06 bits per heavy atom. The van der Waals surface area contributed by atoms with E-state index < -0.39 is 0 Å². The Bertz CT molecular complexity index is 1230. The Morgan fingerprint density at radius 1 is 1.22 bits per heavy atom. The molecule has 3 aromatic rings. The quantitative estimate of drug-likeness (QED) is 0.567. The van der Waals surface area contributed by atoms with Crippen LogP contribution in [0.3, 0.4) is 0 Å². The zero-order chi connectivity index (χ0) is 22.3. The topological polar surface area (TPSA) is 77.8 Å². The third-order valence-electron chi connectivity index (χ3n) is 6.31. The zero-order valence-corrected chi connectivity index (χ0v) is 19.2.